The molecule has 0 aliphatic heterocycles. The third-order valence-corrected chi connectivity index (χ3v) is 2.71. The van der Waals surface area contributed by atoms with E-state index in [1.165, 1.54) is 6.92 Å². The molecule has 0 aliphatic carbocycles. The standard InChI is InChI=1S/C16H17NO2/c1-13(18)17-11-14-7-9-15(10-8-14)12-19-16-5-3-2-4-6-16/h2-10H,11-12H2,1H3,(H,17,18). The van der Waals surface area contributed by atoms with Gasteiger partial charge < -0.3 is 10.1 Å². The maximum atomic E-state index is 10.8. The summed E-state index contributed by atoms with van der Waals surface area (Å²) in [6.45, 7) is 2.63. The summed E-state index contributed by atoms with van der Waals surface area (Å²) in [5, 5.41) is 2.77. The van der Waals surface area contributed by atoms with Crippen molar-refractivity contribution in [3.05, 3.63) is 65.7 Å². The van der Waals surface area contributed by atoms with Crippen molar-refractivity contribution in [1.82, 2.24) is 5.32 Å². The number of ether oxygens (including phenoxy) is 1. The first-order valence-corrected chi connectivity index (χ1v) is 6.24. The Hall–Kier alpha value is -2.29. The first kappa shape index (κ1) is 13.1. The van der Waals surface area contributed by atoms with E-state index in [1.807, 2.05) is 54.6 Å². The van der Waals surface area contributed by atoms with Crippen molar-refractivity contribution in [2.24, 2.45) is 0 Å². The lowest BCUT2D eigenvalue weighted by molar-refractivity contribution is -0.119. The van der Waals surface area contributed by atoms with Crippen LogP contribution in [0.1, 0.15) is 18.1 Å². The van der Waals surface area contributed by atoms with Gasteiger partial charge in [-0.3, -0.25) is 4.79 Å². The maximum Gasteiger partial charge on any atom is 0.217 e. The Morgan fingerprint density at radius 2 is 1.63 bits per heavy atom. The SMILES string of the molecule is CC(=O)NCc1ccc(COc2ccccc2)cc1. The minimum atomic E-state index is -0.0171. The van der Waals surface area contributed by atoms with E-state index in [-0.39, 0.29) is 5.91 Å². The van der Waals surface area contributed by atoms with Crippen LogP contribution in [0.25, 0.3) is 0 Å². The summed E-state index contributed by atoms with van der Waals surface area (Å²) >= 11 is 0. The molecule has 0 unspecified atom stereocenters. The molecule has 0 fully saturated rings. The Kier molecular flexibility index (Phi) is 4.56. The van der Waals surface area contributed by atoms with Crippen LogP contribution in [0.3, 0.4) is 0 Å². The van der Waals surface area contributed by atoms with Crippen LogP contribution in [-0.4, -0.2) is 5.91 Å². The summed E-state index contributed by atoms with van der Waals surface area (Å²) in [4.78, 5) is 10.8. The van der Waals surface area contributed by atoms with Gasteiger partial charge in [-0.05, 0) is 23.3 Å². The molecule has 2 aromatic rings. The number of benzene rings is 2. The zero-order chi connectivity index (χ0) is 13.5. The quantitative estimate of drug-likeness (QED) is 0.892. The van der Waals surface area contributed by atoms with Gasteiger partial charge in [0.1, 0.15) is 12.4 Å². The third-order valence-electron chi connectivity index (χ3n) is 2.71. The summed E-state index contributed by atoms with van der Waals surface area (Å²) < 4.78 is 5.66. The average Bonchev–Trinajstić information content (AvgIpc) is 2.45. The number of hydrogen-bond donors (Lipinski definition) is 1. The molecule has 3 heteroatoms. The van der Waals surface area contributed by atoms with Gasteiger partial charge in [0.25, 0.3) is 0 Å². The summed E-state index contributed by atoms with van der Waals surface area (Å²) in [5.74, 6) is 0.848. The second-order valence-electron chi connectivity index (χ2n) is 4.33. The molecule has 0 radical (unpaired) electrons. The van der Waals surface area contributed by atoms with Crippen LogP contribution >= 0.6 is 0 Å². The van der Waals surface area contributed by atoms with Gasteiger partial charge in [0, 0.05) is 13.5 Å². The van der Waals surface area contributed by atoms with Crippen molar-refractivity contribution in [3.8, 4) is 5.75 Å². The fraction of sp³-hybridized carbons (Fsp3) is 0.188. The Balaban J connectivity index is 1.86. The van der Waals surface area contributed by atoms with E-state index in [0.717, 1.165) is 16.9 Å². The number of carbonyl (C=O) groups is 1. The van der Waals surface area contributed by atoms with Crippen LogP contribution in [0.5, 0.6) is 5.75 Å². The molecule has 19 heavy (non-hydrogen) atoms. The molecule has 2 rings (SSSR count). The highest BCUT2D eigenvalue weighted by Gasteiger charge is 1.97. The largest absolute Gasteiger partial charge is 0.489 e. The fourth-order valence-corrected chi connectivity index (χ4v) is 1.66. The van der Waals surface area contributed by atoms with Crippen molar-refractivity contribution in [2.75, 3.05) is 0 Å². The summed E-state index contributed by atoms with van der Waals surface area (Å²) in [5.41, 5.74) is 2.19. The number of nitrogens with one attached hydrogen (secondary N) is 1. The van der Waals surface area contributed by atoms with Gasteiger partial charge in [0.15, 0.2) is 0 Å². The minimum Gasteiger partial charge on any atom is -0.489 e. The zero-order valence-corrected chi connectivity index (χ0v) is 10.9. The lowest BCUT2D eigenvalue weighted by atomic mass is 10.1. The zero-order valence-electron chi connectivity index (χ0n) is 10.9. The highest BCUT2D eigenvalue weighted by atomic mass is 16.5. The van der Waals surface area contributed by atoms with Gasteiger partial charge in [-0.15, -0.1) is 0 Å². The van der Waals surface area contributed by atoms with Crippen molar-refractivity contribution in [3.63, 3.8) is 0 Å². The monoisotopic (exact) mass is 255 g/mol. The van der Waals surface area contributed by atoms with E-state index in [9.17, 15) is 4.79 Å². The second-order valence-corrected chi connectivity index (χ2v) is 4.33. The first-order valence-electron chi connectivity index (χ1n) is 6.24. The normalized spacial score (nSPS) is 9.95. The van der Waals surface area contributed by atoms with E-state index >= 15 is 0 Å². The van der Waals surface area contributed by atoms with Gasteiger partial charge in [-0.25, -0.2) is 0 Å². The van der Waals surface area contributed by atoms with E-state index in [0.29, 0.717) is 13.2 Å². The van der Waals surface area contributed by atoms with E-state index in [4.69, 9.17) is 4.74 Å². The van der Waals surface area contributed by atoms with Crippen LogP contribution in [0, 0.1) is 0 Å². The smallest absolute Gasteiger partial charge is 0.217 e. The number of carbonyl (C=O) groups excluding carboxylic acids is 1. The molecule has 0 aliphatic rings. The van der Waals surface area contributed by atoms with Gasteiger partial charge in [0.2, 0.25) is 5.91 Å². The molecule has 3 nitrogen and oxygen atoms in total. The minimum absolute atomic E-state index is 0.0171. The van der Waals surface area contributed by atoms with E-state index in [1.54, 1.807) is 0 Å². The highest BCUT2D eigenvalue weighted by Crippen LogP contribution is 2.12. The molecular formula is C16H17NO2. The lowest BCUT2D eigenvalue weighted by Crippen LogP contribution is -2.18. The molecular weight excluding hydrogens is 238 g/mol. The molecule has 0 saturated heterocycles. The van der Waals surface area contributed by atoms with Crippen LogP contribution in [0.4, 0.5) is 0 Å². The van der Waals surface area contributed by atoms with Crippen molar-refractivity contribution in [1.29, 1.82) is 0 Å². The number of para-hydroxylation sites is 1. The summed E-state index contributed by atoms with van der Waals surface area (Å²) in [6.07, 6.45) is 0. The molecule has 0 aromatic heterocycles. The van der Waals surface area contributed by atoms with Crippen LogP contribution < -0.4 is 10.1 Å². The van der Waals surface area contributed by atoms with Gasteiger partial charge >= 0.3 is 0 Å². The summed E-state index contributed by atoms with van der Waals surface area (Å²) in [6, 6.07) is 17.8. The number of rotatable bonds is 5. The molecule has 98 valence electrons. The number of hydrogen-bond acceptors (Lipinski definition) is 2. The average molecular weight is 255 g/mol. The van der Waals surface area contributed by atoms with E-state index < -0.39 is 0 Å². The molecule has 0 atom stereocenters. The van der Waals surface area contributed by atoms with Crippen molar-refractivity contribution >= 4 is 5.91 Å². The topological polar surface area (TPSA) is 38.3 Å². The van der Waals surface area contributed by atoms with E-state index in [2.05, 4.69) is 5.32 Å². The summed E-state index contributed by atoms with van der Waals surface area (Å²) in [7, 11) is 0. The van der Waals surface area contributed by atoms with Crippen LogP contribution in [0.15, 0.2) is 54.6 Å². The van der Waals surface area contributed by atoms with Gasteiger partial charge in [-0.1, -0.05) is 42.5 Å². The fourth-order valence-electron chi connectivity index (χ4n) is 1.66. The van der Waals surface area contributed by atoms with Crippen molar-refractivity contribution < 1.29 is 9.53 Å². The van der Waals surface area contributed by atoms with Gasteiger partial charge in [0.05, 0.1) is 0 Å². The first-order chi connectivity index (χ1) is 9.24. The number of amides is 1. The Bertz CT molecular complexity index is 520. The third kappa shape index (κ3) is 4.47. The highest BCUT2D eigenvalue weighted by molar-refractivity contribution is 5.72. The molecule has 0 spiro atoms. The molecule has 2 aromatic carbocycles. The molecule has 0 heterocycles. The van der Waals surface area contributed by atoms with Crippen LogP contribution in [0.2, 0.25) is 0 Å². The van der Waals surface area contributed by atoms with Crippen LogP contribution in [-0.2, 0) is 17.9 Å². The molecule has 0 saturated carbocycles. The maximum absolute atomic E-state index is 10.8. The second kappa shape index (κ2) is 6.59. The predicted octanol–water partition coefficient (Wildman–Crippen LogP) is 2.90. The lowest BCUT2D eigenvalue weighted by Gasteiger charge is -2.07. The Morgan fingerprint density at radius 3 is 2.26 bits per heavy atom. The molecule has 0 bridgehead atoms. The van der Waals surface area contributed by atoms with Gasteiger partial charge in [-0.2, -0.15) is 0 Å². The molecule has 1 N–H and O–H groups in total. The molecule has 1 amide bonds. The Morgan fingerprint density at radius 1 is 1.00 bits per heavy atom. The van der Waals surface area contributed by atoms with Crippen molar-refractivity contribution in [2.45, 2.75) is 20.1 Å². The predicted molar refractivity (Wildman–Crippen MR) is 74.7 cm³/mol. The Labute approximate surface area is 113 Å².